The van der Waals surface area contributed by atoms with E-state index < -0.39 is 5.54 Å². The Morgan fingerprint density at radius 1 is 1.46 bits per heavy atom. The minimum atomic E-state index is -0.778. The first-order valence-corrected chi connectivity index (χ1v) is 9.35. The summed E-state index contributed by atoms with van der Waals surface area (Å²) in [4.78, 5) is 12.3. The van der Waals surface area contributed by atoms with Crippen LogP contribution in [0.2, 0.25) is 0 Å². The molecule has 0 aliphatic heterocycles. The lowest BCUT2D eigenvalue weighted by molar-refractivity contribution is -0.119. The highest BCUT2D eigenvalue weighted by Crippen LogP contribution is 2.39. The number of amides is 1. The first-order chi connectivity index (χ1) is 12.5. The van der Waals surface area contributed by atoms with E-state index in [9.17, 15) is 10.1 Å². The second kappa shape index (κ2) is 7.38. The zero-order chi connectivity index (χ0) is 18.7. The molecule has 1 atom stereocenters. The number of nitrogens with zero attached hydrogens (tertiary/aromatic N) is 4. The number of para-hydroxylation sites is 1. The van der Waals surface area contributed by atoms with Crippen LogP contribution in [0.5, 0.6) is 5.75 Å². The van der Waals surface area contributed by atoms with Gasteiger partial charge in [-0.05, 0) is 37.8 Å². The molecule has 3 rings (SSSR count). The first-order valence-electron chi connectivity index (χ1n) is 8.36. The monoisotopic (exact) mass is 371 g/mol. The number of rotatable bonds is 7. The summed E-state index contributed by atoms with van der Waals surface area (Å²) < 4.78 is 7.21. The van der Waals surface area contributed by atoms with Crippen LogP contribution in [0.1, 0.15) is 19.8 Å². The summed E-state index contributed by atoms with van der Waals surface area (Å²) in [7, 11) is 3.47. The number of hydrogen-bond donors (Lipinski definition) is 1. The molecular formula is C18H21N5O2S. The molecule has 1 heterocycles. The molecule has 0 bridgehead atoms. The largest absolute Gasteiger partial charge is 0.496 e. The molecule has 26 heavy (non-hydrogen) atoms. The lowest BCUT2D eigenvalue weighted by atomic mass is 9.98. The smallest absolute Gasteiger partial charge is 0.231 e. The van der Waals surface area contributed by atoms with Gasteiger partial charge < -0.3 is 14.6 Å². The molecule has 0 radical (unpaired) electrons. The van der Waals surface area contributed by atoms with Gasteiger partial charge in [0, 0.05) is 7.05 Å². The maximum atomic E-state index is 12.3. The van der Waals surface area contributed by atoms with E-state index in [2.05, 4.69) is 21.6 Å². The molecule has 1 saturated carbocycles. The molecule has 7 nitrogen and oxygen atoms in total. The number of carbonyl (C=O) groups is 1. The third-order valence-corrected chi connectivity index (χ3v) is 5.56. The minimum Gasteiger partial charge on any atom is -0.496 e. The van der Waals surface area contributed by atoms with Crippen molar-refractivity contribution in [2.45, 2.75) is 30.5 Å². The number of nitriles is 1. The Kier molecular flexibility index (Phi) is 5.18. The SMILES string of the molecule is COc1ccccc1-c1nnc(SCC(=O)N[C@@](C)(C#N)C2CC2)n1C. The maximum Gasteiger partial charge on any atom is 0.231 e. The number of ether oxygens (including phenoxy) is 1. The van der Waals surface area contributed by atoms with Gasteiger partial charge in [0.25, 0.3) is 0 Å². The van der Waals surface area contributed by atoms with Crippen molar-refractivity contribution in [2.24, 2.45) is 13.0 Å². The van der Waals surface area contributed by atoms with Crippen molar-refractivity contribution in [1.29, 1.82) is 5.26 Å². The molecule has 1 fully saturated rings. The Hall–Kier alpha value is -2.53. The Morgan fingerprint density at radius 2 is 2.19 bits per heavy atom. The minimum absolute atomic E-state index is 0.173. The molecule has 0 saturated heterocycles. The number of hydrogen-bond acceptors (Lipinski definition) is 6. The van der Waals surface area contributed by atoms with Gasteiger partial charge in [0.15, 0.2) is 11.0 Å². The molecule has 136 valence electrons. The third-order valence-electron chi connectivity index (χ3n) is 4.54. The van der Waals surface area contributed by atoms with Crippen LogP contribution in [0.4, 0.5) is 0 Å². The summed E-state index contributed by atoms with van der Waals surface area (Å²) in [6.45, 7) is 1.79. The van der Waals surface area contributed by atoms with E-state index in [-0.39, 0.29) is 17.6 Å². The molecular weight excluding hydrogens is 350 g/mol. The Balaban J connectivity index is 1.67. The molecule has 0 unspecified atom stereocenters. The van der Waals surface area contributed by atoms with Gasteiger partial charge in [-0.2, -0.15) is 5.26 Å². The van der Waals surface area contributed by atoms with Crippen LogP contribution in [0.25, 0.3) is 11.4 Å². The summed E-state index contributed by atoms with van der Waals surface area (Å²) >= 11 is 1.29. The summed E-state index contributed by atoms with van der Waals surface area (Å²) in [6, 6.07) is 9.82. The summed E-state index contributed by atoms with van der Waals surface area (Å²) in [5.74, 6) is 1.65. The van der Waals surface area contributed by atoms with Crippen molar-refractivity contribution in [2.75, 3.05) is 12.9 Å². The number of thioether (sulfide) groups is 1. The number of aromatic nitrogens is 3. The van der Waals surface area contributed by atoms with Gasteiger partial charge in [-0.1, -0.05) is 23.9 Å². The normalized spacial score (nSPS) is 15.8. The maximum absolute atomic E-state index is 12.3. The zero-order valence-electron chi connectivity index (χ0n) is 15.0. The van der Waals surface area contributed by atoms with E-state index in [0.717, 1.165) is 18.4 Å². The fourth-order valence-electron chi connectivity index (χ4n) is 2.84. The lowest BCUT2D eigenvalue weighted by Gasteiger charge is -2.22. The fourth-order valence-corrected chi connectivity index (χ4v) is 3.55. The van der Waals surface area contributed by atoms with Crippen LogP contribution in [0.3, 0.4) is 0 Å². The molecule has 2 aromatic rings. The number of nitrogens with one attached hydrogen (secondary N) is 1. The van der Waals surface area contributed by atoms with Gasteiger partial charge >= 0.3 is 0 Å². The van der Waals surface area contributed by atoms with E-state index in [0.29, 0.717) is 16.7 Å². The van der Waals surface area contributed by atoms with Gasteiger partial charge in [-0.25, -0.2) is 0 Å². The van der Waals surface area contributed by atoms with Gasteiger partial charge in [0.2, 0.25) is 5.91 Å². The zero-order valence-corrected chi connectivity index (χ0v) is 15.8. The molecule has 1 aliphatic rings. The van der Waals surface area contributed by atoms with Crippen LogP contribution in [-0.4, -0.2) is 39.1 Å². The summed E-state index contributed by atoms with van der Waals surface area (Å²) in [5, 5.41) is 21.2. The van der Waals surface area contributed by atoms with Crippen molar-refractivity contribution in [3.05, 3.63) is 24.3 Å². The summed E-state index contributed by atoms with van der Waals surface area (Å²) in [6.07, 6.45) is 1.98. The van der Waals surface area contributed by atoms with Crippen LogP contribution < -0.4 is 10.1 Å². The Bertz CT molecular complexity index is 856. The first kappa shape index (κ1) is 18.3. The molecule has 1 amide bonds. The van der Waals surface area contributed by atoms with E-state index in [1.807, 2.05) is 35.9 Å². The van der Waals surface area contributed by atoms with Crippen molar-refractivity contribution >= 4 is 17.7 Å². The second-order valence-corrected chi connectivity index (χ2v) is 7.43. The Labute approximate surface area is 156 Å². The highest BCUT2D eigenvalue weighted by molar-refractivity contribution is 7.99. The van der Waals surface area contributed by atoms with Crippen molar-refractivity contribution in [1.82, 2.24) is 20.1 Å². The highest BCUT2D eigenvalue weighted by Gasteiger charge is 2.42. The van der Waals surface area contributed by atoms with Crippen LogP contribution in [0.15, 0.2) is 29.4 Å². The number of benzene rings is 1. The molecule has 0 spiro atoms. The van der Waals surface area contributed by atoms with E-state index in [1.54, 1.807) is 14.0 Å². The Morgan fingerprint density at radius 3 is 2.85 bits per heavy atom. The van der Waals surface area contributed by atoms with E-state index in [1.165, 1.54) is 11.8 Å². The van der Waals surface area contributed by atoms with E-state index >= 15 is 0 Å². The molecule has 1 aromatic heterocycles. The predicted octanol–water partition coefficient (Wildman–Crippen LogP) is 2.39. The van der Waals surface area contributed by atoms with Gasteiger partial charge in [-0.3, -0.25) is 4.79 Å². The molecule has 8 heteroatoms. The van der Waals surface area contributed by atoms with Crippen molar-refractivity contribution in [3.63, 3.8) is 0 Å². The average Bonchev–Trinajstić information content (AvgIpc) is 3.44. The van der Waals surface area contributed by atoms with Gasteiger partial charge in [0.1, 0.15) is 11.3 Å². The van der Waals surface area contributed by atoms with Crippen LogP contribution in [0, 0.1) is 17.2 Å². The molecule has 1 aliphatic carbocycles. The van der Waals surface area contributed by atoms with Crippen molar-refractivity contribution < 1.29 is 9.53 Å². The standard InChI is InChI=1S/C18H21N5O2S/c1-18(11-19,12-8-9-12)20-15(24)10-26-17-22-21-16(23(17)2)13-6-4-5-7-14(13)25-3/h4-7,12H,8-10H2,1-3H3,(H,20,24)/t18-/m0/s1. The van der Waals surface area contributed by atoms with Crippen molar-refractivity contribution in [3.8, 4) is 23.2 Å². The lowest BCUT2D eigenvalue weighted by Crippen LogP contribution is -2.47. The predicted molar refractivity (Wildman–Crippen MR) is 98.6 cm³/mol. The van der Waals surface area contributed by atoms with Crippen LogP contribution in [-0.2, 0) is 11.8 Å². The quantitative estimate of drug-likeness (QED) is 0.751. The average molecular weight is 371 g/mol. The highest BCUT2D eigenvalue weighted by atomic mass is 32.2. The van der Waals surface area contributed by atoms with Gasteiger partial charge in [0.05, 0.1) is 24.5 Å². The van der Waals surface area contributed by atoms with Gasteiger partial charge in [-0.15, -0.1) is 10.2 Å². The topological polar surface area (TPSA) is 92.8 Å². The number of carbonyl (C=O) groups excluding carboxylic acids is 1. The van der Waals surface area contributed by atoms with E-state index in [4.69, 9.17) is 4.74 Å². The second-order valence-electron chi connectivity index (χ2n) is 6.49. The molecule has 1 N–H and O–H groups in total. The van der Waals surface area contributed by atoms with Crippen LogP contribution >= 0.6 is 11.8 Å². The third kappa shape index (κ3) is 3.68. The fraction of sp³-hybridized carbons (Fsp3) is 0.444. The molecule has 1 aromatic carbocycles. The summed E-state index contributed by atoms with van der Waals surface area (Å²) in [5.41, 5.74) is 0.0622. The number of methoxy groups -OCH3 is 1.